The van der Waals surface area contributed by atoms with Gasteiger partial charge in [-0.25, -0.2) is 0 Å². The van der Waals surface area contributed by atoms with Crippen LogP contribution in [0.1, 0.15) is 44.9 Å². The fraction of sp³-hybridized carbons (Fsp3) is 0.533. The SMILES string of the molecule is CC(C)Cc1ccc(C(C)NC(=O)C(C)N)cc1. The number of hydrogen-bond donors (Lipinski definition) is 2. The van der Waals surface area contributed by atoms with Gasteiger partial charge in [0.2, 0.25) is 5.91 Å². The van der Waals surface area contributed by atoms with Gasteiger partial charge in [-0.3, -0.25) is 4.79 Å². The highest BCUT2D eigenvalue weighted by Gasteiger charge is 2.12. The Morgan fingerprint density at radius 2 is 1.72 bits per heavy atom. The molecule has 0 saturated heterocycles. The van der Waals surface area contributed by atoms with Crippen LogP contribution < -0.4 is 11.1 Å². The molecular weight excluding hydrogens is 224 g/mol. The highest BCUT2D eigenvalue weighted by molar-refractivity contribution is 5.81. The van der Waals surface area contributed by atoms with Crippen LogP contribution in [-0.4, -0.2) is 11.9 Å². The van der Waals surface area contributed by atoms with Gasteiger partial charge < -0.3 is 11.1 Å². The lowest BCUT2D eigenvalue weighted by Gasteiger charge is -2.16. The van der Waals surface area contributed by atoms with Gasteiger partial charge in [-0.15, -0.1) is 0 Å². The van der Waals surface area contributed by atoms with Crippen LogP contribution in [0.3, 0.4) is 0 Å². The van der Waals surface area contributed by atoms with Gasteiger partial charge in [-0.05, 0) is 37.3 Å². The summed E-state index contributed by atoms with van der Waals surface area (Å²) in [6.45, 7) is 8.07. The molecule has 0 bridgehead atoms. The van der Waals surface area contributed by atoms with Gasteiger partial charge in [-0.2, -0.15) is 0 Å². The van der Waals surface area contributed by atoms with E-state index in [1.54, 1.807) is 6.92 Å². The summed E-state index contributed by atoms with van der Waals surface area (Å²) in [4.78, 5) is 11.5. The lowest BCUT2D eigenvalue weighted by atomic mass is 10.00. The standard InChI is InChI=1S/C15H24N2O/c1-10(2)9-13-5-7-14(8-6-13)12(4)17-15(18)11(3)16/h5-8,10-12H,9,16H2,1-4H3,(H,17,18). The number of carbonyl (C=O) groups is 1. The van der Waals surface area contributed by atoms with E-state index < -0.39 is 6.04 Å². The third-order valence-electron chi connectivity index (χ3n) is 2.90. The average molecular weight is 248 g/mol. The number of hydrogen-bond acceptors (Lipinski definition) is 2. The van der Waals surface area contributed by atoms with Crippen molar-refractivity contribution in [3.63, 3.8) is 0 Å². The first kappa shape index (κ1) is 14.7. The van der Waals surface area contributed by atoms with Crippen molar-refractivity contribution in [2.75, 3.05) is 0 Å². The second kappa shape index (κ2) is 6.55. The summed E-state index contributed by atoms with van der Waals surface area (Å²) >= 11 is 0. The Morgan fingerprint density at radius 3 is 2.17 bits per heavy atom. The Morgan fingerprint density at radius 1 is 1.17 bits per heavy atom. The molecule has 1 amide bonds. The van der Waals surface area contributed by atoms with Crippen molar-refractivity contribution >= 4 is 5.91 Å². The Kier molecular flexibility index (Phi) is 5.35. The highest BCUT2D eigenvalue weighted by Crippen LogP contribution is 2.15. The topological polar surface area (TPSA) is 55.1 Å². The summed E-state index contributed by atoms with van der Waals surface area (Å²) in [6, 6.07) is 7.94. The zero-order valence-electron chi connectivity index (χ0n) is 11.7. The predicted molar refractivity (Wildman–Crippen MR) is 75.2 cm³/mol. The summed E-state index contributed by atoms with van der Waals surface area (Å²) in [7, 11) is 0. The fourth-order valence-electron chi connectivity index (χ4n) is 1.84. The fourth-order valence-corrected chi connectivity index (χ4v) is 1.84. The monoisotopic (exact) mass is 248 g/mol. The Hall–Kier alpha value is -1.35. The predicted octanol–water partition coefficient (Wildman–Crippen LogP) is 2.41. The third-order valence-corrected chi connectivity index (χ3v) is 2.90. The first-order valence-corrected chi connectivity index (χ1v) is 6.55. The largest absolute Gasteiger partial charge is 0.348 e. The zero-order chi connectivity index (χ0) is 13.7. The number of nitrogens with two attached hydrogens (primary N) is 1. The first-order valence-electron chi connectivity index (χ1n) is 6.55. The van der Waals surface area contributed by atoms with Crippen LogP contribution in [0.5, 0.6) is 0 Å². The van der Waals surface area contributed by atoms with E-state index in [1.165, 1.54) is 5.56 Å². The van der Waals surface area contributed by atoms with E-state index in [-0.39, 0.29) is 11.9 Å². The molecule has 3 nitrogen and oxygen atoms in total. The maximum absolute atomic E-state index is 11.5. The molecule has 100 valence electrons. The zero-order valence-corrected chi connectivity index (χ0v) is 11.7. The van der Waals surface area contributed by atoms with Crippen LogP contribution in [0.25, 0.3) is 0 Å². The van der Waals surface area contributed by atoms with E-state index in [0.29, 0.717) is 5.92 Å². The molecule has 0 spiro atoms. The summed E-state index contributed by atoms with van der Waals surface area (Å²) in [5, 5.41) is 2.89. The maximum Gasteiger partial charge on any atom is 0.237 e. The summed E-state index contributed by atoms with van der Waals surface area (Å²) in [6.07, 6.45) is 1.08. The minimum atomic E-state index is -0.465. The minimum absolute atomic E-state index is 0.00315. The quantitative estimate of drug-likeness (QED) is 0.840. The van der Waals surface area contributed by atoms with Crippen molar-refractivity contribution in [3.8, 4) is 0 Å². The number of carbonyl (C=O) groups excluding carboxylic acids is 1. The molecule has 2 unspecified atom stereocenters. The van der Waals surface area contributed by atoms with E-state index >= 15 is 0 Å². The number of rotatable bonds is 5. The minimum Gasteiger partial charge on any atom is -0.348 e. The molecule has 3 N–H and O–H groups in total. The Balaban J connectivity index is 2.64. The Labute approximate surface area is 110 Å². The van der Waals surface area contributed by atoms with Crippen LogP contribution in [-0.2, 0) is 11.2 Å². The van der Waals surface area contributed by atoms with Gasteiger partial charge in [0.1, 0.15) is 0 Å². The maximum atomic E-state index is 11.5. The molecule has 0 aliphatic carbocycles. The molecule has 0 aromatic heterocycles. The van der Waals surface area contributed by atoms with Crippen LogP contribution in [0, 0.1) is 5.92 Å². The van der Waals surface area contributed by atoms with Gasteiger partial charge in [0, 0.05) is 0 Å². The molecule has 0 fully saturated rings. The molecule has 0 saturated carbocycles. The highest BCUT2D eigenvalue weighted by atomic mass is 16.2. The van der Waals surface area contributed by atoms with E-state index in [2.05, 4.69) is 43.4 Å². The Bertz CT molecular complexity index is 382. The molecule has 1 aromatic rings. The van der Waals surface area contributed by atoms with Crippen molar-refractivity contribution in [2.45, 2.75) is 46.2 Å². The van der Waals surface area contributed by atoms with Crippen molar-refractivity contribution in [3.05, 3.63) is 35.4 Å². The number of benzene rings is 1. The van der Waals surface area contributed by atoms with Crippen LogP contribution in [0.15, 0.2) is 24.3 Å². The number of amides is 1. The van der Waals surface area contributed by atoms with Gasteiger partial charge in [0.15, 0.2) is 0 Å². The van der Waals surface area contributed by atoms with Crippen LogP contribution in [0.2, 0.25) is 0 Å². The lowest BCUT2D eigenvalue weighted by Crippen LogP contribution is -2.39. The first-order chi connectivity index (χ1) is 8.40. The van der Waals surface area contributed by atoms with Crippen LogP contribution in [0.4, 0.5) is 0 Å². The van der Waals surface area contributed by atoms with Crippen molar-refractivity contribution in [2.24, 2.45) is 11.7 Å². The van der Waals surface area contributed by atoms with Crippen LogP contribution >= 0.6 is 0 Å². The molecule has 0 heterocycles. The lowest BCUT2D eigenvalue weighted by molar-refractivity contribution is -0.122. The number of nitrogens with one attached hydrogen (secondary N) is 1. The second-order valence-corrected chi connectivity index (χ2v) is 5.36. The second-order valence-electron chi connectivity index (χ2n) is 5.36. The molecule has 0 aliphatic heterocycles. The molecule has 2 atom stereocenters. The third kappa shape index (κ3) is 4.49. The molecule has 3 heteroatoms. The van der Waals surface area contributed by atoms with E-state index in [4.69, 9.17) is 5.73 Å². The molecular formula is C15H24N2O. The molecule has 18 heavy (non-hydrogen) atoms. The van der Waals surface area contributed by atoms with Crippen molar-refractivity contribution < 1.29 is 4.79 Å². The van der Waals surface area contributed by atoms with E-state index in [9.17, 15) is 4.79 Å². The van der Waals surface area contributed by atoms with Gasteiger partial charge >= 0.3 is 0 Å². The van der Waals surface area contributed by atoms with Crippen molar-refractivity contribution in [1.82, 2.24) is 5.32 Å². The summed E-state index contributed by atoms with van der Waals surface area (Å²) in [5.74, 6) is 0.542. The van der Waals surface area contributed by atoms with Crippen molar-refractivity contribution in [1.29, 1.82) is 0 Å². The molecule has 1 rings (SSSR count). The van der Waals surface area contributed by atoms with E-state index in [1.807, 2.05) is 6.92 Å². The normalized spacial score (nSPS) is 14.3. The summed E-state index contributed by atoms with van der Waals surface area (Å²) < 4.78 is 0. The van der Waals surface area contributed by atoms with Gasteiger partial charge in [0.05, 0.1) is 12.1 Å². The van der Waals surface area contributed by atoms with Gasteiger partial charge in [0.25, 0.3) is 0 Å². The van der Waals surface area contributed by atoms with Gasteiger partial charge in [-0.1, -0.05) is 38.1 Å². The summed E-state index contributed by atoms with van der Waals surface area (Å²) in [5.41, 5.74) is 7.97. The molecule has 0 radical (unpaired) electrons. The smallest absolute Gasteiger partial charge is 0.237 e. The molecule has 0 aliphatic rings. The average Bonchev–Trinajstić information content (AvgIpc) is 2.28. The molecule has 1 aromatic carbocycles. The van der Waals surface area contributed by atoms with E-state index in [0.717, 1.165) is 12.0 Å².